The number of halogens is 2. The first-order valence-corrected chi connectivity index (χ1v) is 6.86. The van der Waals surface area contributed by atoms with Crippen LogP contribution in [-0.4, -0.2) is 19.9 Å². The maximum Gasteiger partial charge on any atom is 0.199 e. The van der Waals surface area contributed by atoms with E-state index in [0.29, 0.717) is 16.8 Å². The molecule has 6 heteroatoms. The minimum absolute atomic E-state index is 0.105. The van der Waals surface area contributed by atoms with E-state index in [1.165, 1.54) is 0 Å². The van der Waals surface area contributed by atoms with Crippen LogP contribution in [0.15, 0.2) is 18.5 Å². The van der Waals surface area contributed by atoms with Crippen LogP contribution in [0, 0.1) is 3.57 Å². The molecule has 0 aliphatic rings. The predicted molar refractivity (Wildman–Crippen MR) is 79.5 cm³/mol. The highest BCUT2D eigenvalue weighted by molar-refractivity contribution is 14.1. The second kappa shape index (κ2) is 5.05. The first-order chi connectivity index (χ1) is 8.39. The number of rotatable bonds is 1. The van der Waals surface area contributed by atoms with Gasteiger partial charge in [-0.05, 0) is 28.7 Å². The van der Waals surface area contributed by atoms with Crippen molar-refractivity contribution in [2.75, 3.05) is 0 Å². The van der Waals surface area contributed by atoms with E-state index < -0.39 is 0 Å². The Hall–Kier alpha value is -0.820. The molecule has 0 fully saturated rings. The molecule has 0 amide bonds. The van der Waals surface area contributed by atoms with Crippen molar-refractivity contribution in [1.82, 2.24) is 19.9 Å². The third-order valence-electron chi connectivity index (χ3n) is 2.29. The van der Waals surface area contributed by atoms with Gasteiger partial charge in [-0.1, -0.05) is 32.4 Å². The second-order valence-corrected chi connectivity index (χ2v) is 6.26. The van der Waals surface area contributed by atoms with Crippen molar-refractivity contribution in [2.24, 2.45) is 0 Å². The van der Waals surface area contributed by atoms with Gasteiger partial charge in [0.25, 0.3) is 0 Å². The highest BCUT2D eigenvalue weighted by Crippen LogP contribution is 2.30. The van der Waals surface area contributed by atoms with E-state index in [1.807, 2.05) is 0 Å². The summed E-state index contributed by atoms with van der Waals surface area (Å²) in [6.45, 7) is 6.26. The predicted octanol–water partition coefficient (Wildman–Crippen LogP) is 3.49. The molecular formula is C12H12ClIN4. The Kier molecular flexibility index (Phi) is 3.82. The maximum absolute atomic E-state index is 6.16. The van der Waals surface area contributed by atoms with Crippen LogP contribution in [0.25, 0.3) is 11.6 Å². The van der Waals surface area contributed by atoms with Gasteiger partial charge in [0.1, 0.15) is 5.15 Å². The van der Waals surface area contributed by atoms with E-state index in [-0.39, 0.29) is 5.41 Å². The molecule has 0 aliphatic carbocycles. The van der Waals surface area contributed by atoms with Gasteiger partial charge in [-0.3, -0.25) is 0 Å². The maximum atomic E-state index is 6.16. The van der Waals surface area contributed by atoms with Gasteiger partial charge >= 0.3 is 0 Å². The fraction of sp³-hybridized carbons (Fsp3) is 0.333. The molecule has 2 aromatic heterocycles. The van der Waals surface area contributed by atoms with Gasteiger partial charge in [0.2, 0.25) is 0 Å². The van der Waals surface area contributed by atoms with Gasteiger partial charge in [0, 0.05) is 17.8 Å². The fourth-order valence-corrected chi connectivity index (χ4v) is 2.65. The summed E-state index contributed by atoms with van der Waals surface area (Å²) in [6, 6.07) is 1.75. The lowest BCUT2D eigenvalue weighted by Gasteiger charge is -2.20. The zero-order valence-electron chi connectivity index (χ0n) is 10.3. The second-order valence-electron chi connectivity index (χ2n) is 4.82. The lowest BCUT2D eigenvalue weighted by Crippen LogP contribution is -2.17. The molecule has 0 unspecified atom stereocenters. The van der Waals surface area contributed by atoms with E-state index in [2.05, 4.69) is 63.3 Å². The average molecular weight is 375 g/mol. The lowest BCUT2D eigenvalue weighted by molar-refractivity contribution is 0.563. The molecular weight excluding hydrogens is 363 g/mol. The van der Waals surface area contributed by atoms with Gasteiger partial charge in [0.05, 0.1) is 9.26 Å². The highest BCUT2D eigenvalue weighted by atomic mass is 127. The Bertz CT molecular complexity index is 566. The molecule has 0 saturated carbocycles. The lowest BCUT2D eigenvalue weighted by atomic mass is 9.92. The van der Waals surface area contributed by atoms with Gasteiger partial charge in [0.15, 0.2) is 11.6 Å². The SMILES string of the molecule is CC(C)(C)c1nc(-c2ncccn2)nc(Cl)c1I. The zero-order chi connectivity index (χ0) is 13.3. The third kappa shape index (κ3) is 2.77. The summed E-state index contributed by atoms with van der Waals surface area (Å²) in [4.78, 5) is 17.1. The van der Waals surface area contributed by atoms with Crippen molar-refractivity contribution in [2.45, 2.75) is 26.2 Å². The normalized spacial score (nSPS) is 11.6. The van der Waals surface area contributed by atoms with E-state index in [4.69, 9.17) is 11.6 Å². The summed E-state index contributed by atoms with van der Waals surface area (Å²) in [6.07, 6.45) is 3.32. The zero-order valence-corrected chi connectivity index (χ0v) is 13.2. The molecule has 0 radical (unpaired) electrons. The molecule has 0 spiro atoms. The minimum Gasteiger partial charge on any atom is -0.234 e. The molecule has 0 saturated heterocycles. The van der Waals surface area contributed by atoms with Crippen molar-refractivity contribution in [3.63, 3.8) is 0 Å². The molecule has 2 aromatic rings. The van der Waals surface area contributed by atoms with E-state index in [1.54, 1.807) is 18.5 Å². The van der Waals surface area contributed by atoms with Crippen molar-refractivity contribution >= 4 is 34.2 Å². The van der Waals surface area contributed by atoms with Gasteiger partial charge in [-0.15, -0.1) is 0 Å². The smallest absolute Gasteiger partial charge is 0.199 e. The van der Waals surface area contributed by atoms with Crippen molar-refractivity contribution in [1.29, 1.82) is 0 Å². The van der Waals surface area contributed by atoms with Crippen molar-refractivity contribution in [3.05, 3.63) is 32.9 Å². The van der Waals surface area contributed by atoms with Crippen molar-refractivity contribution in [3.8, 4) is 11.6 Å². The average Bonchev–Trinajstić information content (AvgIpc) is 2.32. The summed E-state index contributed by atoms with van der Waals surface area (Å²) in [5.74, 6) is 0.951. The van der Waals surface area contributed by atoms with E-state index in [0.717, 1.165) is 9.26 Å². The van der Waals surface area contributed by atoms with Crippen LogP contribution in [0.1, 0.15) is 26.5 Å². The molecule has 0 N–H and O–H groups in total. The van der Waals surface area contributed by atoms with Gasteiger partial charge in [-0.25, -0.2) is 19.9 Å². The summed E-state index contributed by atoms with van der Waals surface area (Å²) in [7, 11) is 0. The van der Waals surface area contributed by atoms with E-state index in [9.17, 15) is 0 Å². The van der Waals surface area contributed by atoms with Gasteiger partial charge < -0.3 is 0 Å². The van der Waals surface area contributed by atoms with Crippen LogP contribution in [0.4, 0.5) is 0 Å². The third-order valence-corrected chi connectivity index (χ3v) is 3.90. The monoisotopic (exact) mass is 374 g/mol. The molecule has 18 heavy (non-hydrogen) atoms. The van der Waals surface area contributed by atoms with Crippen LogP contribution in [0.2, 0.25) is 5.15 Å². The Morgan fingerprint density at radius 3 is 2.22 bits per heavy atom. The topological polar surface area (TPSA) is 51.6 Å². The first kappa shape index (κ1) is 13.6. The Morgan fingerprint density at radius 2 is 1.67 bits per heavy atom. The quantitative estimate of drug-likeness (QED) is 0.566. The molecule has 0 bridgehead atoms. The number of hydrogen-bond donors (Lipinski definition) is 0. The molecule has 94 valence electrons. The molecule has 2 heterocycles. The van der Waals surface area contributed by atoms with Crippen LogP contribution in [0.5, 0.6) is 0 Å². The first-order valence-electron chi connectivity index (χ1n) is 5.40. The summed E-state index contributed by atoms with van der Waals surface area (Å²) >= 11 is 8.33. The Balaban J connectivity index is 2.62. The summed E-state index contributed by atoms with van der Waals surface area (Å²) in [5.41, 5.74) is 0.803. The van der Waals surface area contributed by atoms with Crippen LogP contribution in [-0.2, 0) is 5.41 Å². The van der Waals surface area contributed by atoms with E-state index >= 15 is 0 Å². The van der Waals surface area contributed by atoms with Crippen molar-refractivity contribution < 1.29 is 0 Å². The van der Waals surface area contributed by atoms with Crippen LogP contribution >= 0.6 is 34.2 Å². The summed E-state index contributed by atoms with van der Waals surface area (Å²) in [5, 5.41) is 0.443. The minimum atomic E-state index is -0.105. The van der Waals surface area contributed by atoms with Crippen LogP contribution < -0.4 is 0 Å². The number of aromatic nitrogens is 4. The summed E-state index contributed by atoms with van der Waals surface area (Å²) < 4.78 is 0.876. The fourth-order valence-electron chi connectivity index (χ4n) is 1.43. The number of nitrogens with zero attached hydrogens (tertiary/aromatic N) is 4. The molecule has 4 nitrogen and oxygen atoms in total. The highest BCUT2D eigenvalue weighted by Gasteiger charge is 2.23. The Labute approximate surface area is 124 Å². The molecule has 2 rings (SSSR count). The van der Waals surface area contributed by atoms with Crippen LogP contribution in [0.3, 0.4) is 0 Å². The molecule has 0 aromatic carbocycles. The van der Waals surface area contributed by atoms with Gasteiger partial charge in [-0.2, -0.15) is 0 Å². The standard InChI is InChI=1S/C12H12ClIN4/c1-12(2,3)8-7(14)9(13)18-11(17-8)10-15-5-4-6-16-10/h4-6H,1-3H3. The largest absolute Gasteiger partial charge is 0.234 e. The Morgan fingerprint density at radius 1 is 1.06 bits per heavy atom. The number of hydrogen-bond acceptors (Lipinski definition) is 4. The molecule has 0 atom stereocenters. The molecule has 0 aliphatic heterocycles.